The van der Waals surface area contributed by atoms with E-state index in [9.17, 15) is 5.11 Å². The minimum absolute atomic E-state index is 0. The molecule has 6 aromatic carbocycles. The fourth-order valence-electron chi connectivity index (χ4n) is 7.75. The number of aromatic nitrogens is 3. The molecule has 0 atom stereocenters. The Bertz CT molecular complexity index is 2780. The predicted octanol–water partition coefficient (Wildman–Crippen LogP) is 14.2. The molecule has 2 aromatic heterocycles. The number of pyridine rings is 1. The first-order chi connectivity index (χ1) is 27.6. The van der Waals surface area contributed by atoms with Gasteiger partial charge in [-0.2, -0.15) is 0 Å². The van der Waals surface area contributed by atoms with Crippen molar-refractivity contribution in [2.24, 2.45) is 0 Å². The SMILES string of the molecule is CC(C)(C)c1ccc(-c2ccnc(-c3[c-]c(-c4cccc5c4nc(-c4ccccc4O)n5-c4ccc(-c5ccccc5)cc4C(C)(C)C)cc(C(C)(C)C)c3)c2)cc1.[Pt]. The summed E-state index contributed by atoms with van der Waals surface area (Å²) >= 11 is 0. The second-order valence-electron chi connectivity index (χ2n) is 18.5. The van der Waals surface area contributed by atoms with Gasteiger partial charge in [0, 0.05) is 33.0 Å². The molecule has 2 heterocycles. The zero-order valence-corrected chi connectivity index (χ0v) is 37.7. The Hall–Kier alpha value is -5.57. The fraction of sp³-hybridized carbons (Fsp3) is 0.222. The molecule has 0 aliphatic heterocycles. The van der Waals surface area contributed by atoms with Crippen LogP contribution in [0.25, 0.3) is 72.7 Å². The summed E-state index contributed by atoms with van der Waals surface area (Å²) < 4.78 is 2.23. The average molecular weight is 954 g/mol. The van der Waals surface area contributed by atoms with Gasteiger partial charge >= 0.3 is 0 Å². The van der Waals surface area contributed by atoms with Gasteiger partial charge in [0.15, 0.2) is 0 Å². The third kappa shape index (κ3) is 8.34. The minimum Gasteiger partial charge on any atom is -0.507 e. The Balaban J connectivity index is 0.00000528. The Morgan fingerprint density at radius 2 is 1.14 bits per heavy atom. The molecule has 0 saturated carbocycles. The molecule has 0 aliphatic carbocycles. The van der Waals surface area contributed by atoms with E-state index in [2.05, 4.69) is 182 Å². The summed E-state index contributed by atoms with van der Waals surface area (Å²) in [5.41, 5.74) is 15.2. The minimum atomic E-state index is -0.204. The quantitative estimate of drug-likeness (QED) is 0.169. The topological polar surface area (TPSA) is 50.9 Å². The Morgan fingerprint density at radius 1 is 0.525 bits per heavy atom. The van der Waals surface area contributed by atoms with Crippen LogP contribution in [-0.2, 0) is 37.3 Å². The number of nitrogens with zero attached hydrogens (tertiary/aromatic N) is 3. The van der Waals surface area contributed by atoms with Crippen molar-refractivity contribution in [3.8, 4) is 67.5 Å². The maximum atomic E-state index is 11.3. The largest absolute Gasteiger partial charge is 0.507 e. The maximum absolute atomic E-state index is 11.3. The van der Waals surface area contributed by atoms with Crippen molar-refractivity contribution in [1.82, 2.24) is 14.5 Å². The van der Waals surface area contributed by atoms with Crippen molar-refractivity contribution in [1.29, 1.82) is 0 Å². The zero-order valence-electron chi connectivity index (χ0n) is 35.5. The van der Waals surface area contributed by atoms with Crippen LogP contribution < -0.4 is 0 Å². The van der Waals surface area contributed by atoms with Gasteiger partial charge in [-0.25, -0.2) is 4.98 Å². The molecule has 5 heteroatoms. The molecule has 0 unspecified atom stereocenters. The molecule has 59 heavy (non-hydrogen) atoms. The van der Waals surface area contributed by atoms with Crippen LogP contribution in [0.3, 0.4) is 0 Å². The molecule has 0 bridgehead atoms. The van der Waals surface area contributed by atoms with E-state index in [1.54, 1.807) is 6.07 Å². The molecule has 300 valence electrons. The number of para-hydroxylation sites is 2. The van der Waals surface area contributed by atoms with Crippen LogP contribution in [0.5, 0.6) is 5.75 Å². The molecule has 0 amide bonds. The maximum Gasteiger partial charge on any atom is 0.148 e. The van der Waals surface area contributed by atoms with E-state index in [4.69, 9.17) is 9.97 Å². The van der Waals surface area contributed by atoms with Crippen LogP contribution in [0.2, 0.25) is 0 Å². The van der Waals surface area contributed by atoms with E-state index in [0.717, 1.165) is 55.8 Å². The standard InChI is InChI=1S/C54H52N3O.Pt/c1-52(2,3)41-25-22-36(23-26-41)38-28-29-55-46(34-38)40-30-39(31-42(32-40)53(4,5)6)43-19-15-20-48-50(43)56-51(44-18-13-14-21-49(44)58)57(48)47-27-24-37(33-45(47)54(7,8)9)35-16-11-10-12-17-35;/h10-29,31-34,58H,1-9H3;/q-1;. The van der Waals surface area contributed by atoms with Crippen molar-refractivity contribution >= 4 is 11.0 Å². The summed E-state index contributed by atoms with van der Waals surface area (Å²) in [6.45, 7) is 20.2. The van der Waals surface area contributed by atoms with E-state index in [1.165, 1.54) is 22.3 Å². The normalized spacial score (nSPS) is 12.1. The van der Waals surface area contributed by atoms with Crippen LogP contribution in [0.4, 0.5) is 0 Å². The molecule has 1 N–H and O–H groups in total. The number of benzene rings is 6. The van der Waals surface area contributed by atoms with E-state index in [1.807, 2.05) is 30.5 Å². The van der Waals surface area contributed by atoms with Gasteiger partial charge in [-0.1, -0.05) is 164 Å². The number of rotatable bonds is 6. The first-order valence-electron chi connectivity index (χ1n) is 20.2. The number of hydrogen-bond donors (Lipinski definition) is 1. The van der Waals surface area contributed by atoms with Gasteiger partial charge in [-0.05, 0) is 86.0 Å². The Labute approximate surface area is 364 Å². The monoisotopic (exact) mass is 953 g/mol. The fourth-order valence-corrected chi connectivity index (χ4v) is 7.75. The van der Waals surface area contributed by atoms with Crippen molar-refractivity contribution in [2.75, 3.05) is 0 Å². The van der Waals surface area contributed by atoms with E-state index in [-0.39, 0.29) is 43.1 Å². The van der Waals surface area contributed by atoms with Gasteiger partial charge in [0.1, 0.15) is 11.6 Å². The first-order valence-corrected chi connectivity index (χ1v) is 20.2. The molecule has 0 spiro atoms. The Morgan fingerprint density at radius 3 is 1.81 bits per heavy atom. The summed E-state index contributed by atoms with van der Waals surface area (Å²) in [6.07, 6.45) is 1.90. The average Bonchev–Trinajstić information content (AvgIpc) is 3.59. The van der Waals surface area contributed by atoms with Crippen molar-refractivity contribution in [3.63, 3.8) is 0 Å². The van der Waals surface area contributed by atoms with Crippen LogP contribution in [-0.4, -0.2) is 19.6 Å². The molecule has 0 radical (unpaired) electrons. The molecule has 0 fully saturated rings. The van der Waals surface area contributed by atoms with Crippen LogP contribution >= 0.6 is 0 Å². The van der Waals surface area contributed by atoms with Gasteiger partial charge in [-0.3, -0.25) is 9.55 Å². The summed E-state index contributed by atoms with van der Waals surface area (Å²) in [5.74, 6) is 0.860. The van der Waals surface area contributed by atoms with Crippen molar-refractivity contribution < 1.29 is 26.2 Å². The number of phenolic OH excluding ortho intramolecular Hbond substituents is 1. The van der Waals surface area contributed by atoms with Gasteiger partial charge in [0.25, 0.3) is 0 Å². The molecular formula is C54H52N3OPt-. The molecule has 8 aromatic rings. The Kier molecular flexibility index (Phi) is 11.2. The van der Waals surface area contributed by atoms with E-state index < -0.39 is 0 Å². The molecule has 0 aliphatic rings. The van der Waals surface area contributed by atoms with Crippen LogP contribution in [0.15, 0.2) is 146 Å². The number of imidazole rings is 1. The summed E-state index contributed by atoms with van der Waals surface area (Å²) in [7, 11) is 0. The van der Waals surface area contributed by atoms with E-state index in [0.29, 0.717) is 11.4 Å². The van der Waals surface area contributed by atoms with Gasteiger partial charge < -0.3 is 5.11 Å². The first kappa shape index (κ1) is 41.6. The van der Waals surface area contributed by atoms with Crippen LogP contribution in [0, 0.1) is 6.07 Å². The number of phenols is 1. The van der Waals surface area contributed by atoms with E-state index >= 15 is 0 Å². The third-order valence-electron chi connectivity index (χ3n) is 11.1. The summed E-state index contributed by atoms with van der Waals surface area (Å²) in [5, 5.41) is 11.3. The number of aromatic hydroxyl groups is 1. The smallest absolute Gasteiger partial charge is 0.148 e. The summed E-state index contributed by atoms with van der Waals surface area (Å²) in [4.78, 5) is 10.3. The third-order valence-corrected chi connectivity index (χ3v) is 11.1. The zero-order chi connectivity index (χ0) is 41.0. The predicted molar refractivity (Wildman–Crippen MR) is 243 cm³/mol. The number of fused-ring (bicyclic) bond motifs is 1. The molecule has 0 saturated heterocycles. The second kappa shape index (κ2) is 15.9. The molecular weight excluding hydrogens is 902 g/mol. The second-order valence-corrected chi connectivity index (χ2v) is 18.5. The van der Waals surface area contributed by atoms with Crippen molar-refractivity contribution in [3.05, 3.63) is 168 Å². The molecule has 8 rings (SSSR count). The van der Waals surface area contributed by atoms with Gasteiger partial charge in [0.2, 0.25) is 0 Å². The van der Waals surface area contributed by atoms with Gasteiger partial charge in [0.05, 0.1) is 22.3 Å². The molecule has 4 nitrogen and oxygen atoms in total. The van der Waals surface area contributed by atoms with Crippen LogP contribution in [0.1, 0.15) is 79.0 Å². The summed E-state index contributed by atoms with van der Waals surface area (Å²) in [6, 6.07) is 52.5. The van der Waals surface area contributed by atoms with Crippen molar-refractivity contribution in [2.45, 2.75) is 78.6 Å². The van der Waals surface area contributed by atoms with Gasteiger partial charge in [-0.15, -0.1) is 29.3 Å². The number of hydrogen-bond acceptors (Lipinski definition) is 3.